The lowest BCUT2D eigenvalue weighted by Gasteiger charge is -2.16. The lowest BCUT2D eigenvalue weighted by atomic mass is 10.0. The molecule has 0 spiro atoms. The number of nitrogens with one attached hydrogen (secondary N) is 1. The summed E-state index contributed by atoms with van der Waals surface area (Å²) in [5.74, 6) is 0.876. The molecule has 0 radical (unpaired) electrons. The van der Waals surface area contributed by atoms with Gasteiger partial charge in [0.1, 0.15) is 5.76 Å². The fourth-order valence-electron chi connectivity index (χ4n) is 2.46. The Bertz CT molecular complexity index is 706. The highest BCUT2D eigenvalue weighted by Crippen LogP contribution is 2.21. The van der Waals surface area contributed by atoms with E-state index in [0.29, 0.717) is 6.54 Å². The van der Waals surface area contributed by atoms with E-state index in [9.17, 15) is 5.11 Å². The van der Waals surface area contributed by atoms with Crippen LogP contribution in [0, 0.1) is 0 Å². The quantitative estimate of drug-likeness (QED) is 0.747. The van der Waals surface area contributed by atoms with Crippen LogP contribution in [0.2, 0.25) is 0 Å². The summed E-state index contributed by atoms with van der Waals surface area (Å²) in [6.45, 7) is 2.51. The molecule has 2 aromatic carbocycles. The zero-order valence-electron chi connectivity index (χ0n) is 12.0. The lowest BCUT2D eigenvalue weighted by molar-refractivity contribution is 0.169. The number of benzene rings is 2. The van der Waals surface area contributed by atoms with Crippen molar-refractivity contribution in [2.45, 2.75) is 19.1 Å². The molecule has 3 rings (SSSR count). The highest BCUT2D eigenvalue weighted by Gasteiger charge is 2.12. The molecule has 0 saturated heterocycles. The van der Waals surface area contributed by atoms with E-state index < -0.39 is 6.10 Å². The van der Waals surface area contributed by atoms with Crippen molar-refractivity contribution in [3.8, 4) is 0 Å². The molecule has 0 aliphatic rings. The van der Waals surface area contributed by atoms with Gasteiger partial charge in [0.05, 0.1) is 18.4 Å². The summed E-state index contributed by atoms with van der Waals surface area (Å²) in [4.78, 5) is 0. The van der Waals surface area contributed by atoms with E-state index in [-0.39, 0.29) is 6.04 Å². The smallest absolute Gasteiger partial charge is 0.120 e. The molecule has 0 amide bonds. The van der Waals surface area contributed by atoms with Crippen molar-refractivity contribution in [3.63, 3.8) is 0 Å². The van der Waals surface area contributed by atoms with E-state index in [1.54, 1.807) is 6.26 Å². The van der Waals surface area contributed by atoms with E-state index in [4.69, 9.17) is 4.42 Å². The van der Waals surface area contributed by atoms with Gasteiger partial charge in [-0.15, -0.1) is 0 Å². The zero-order valence-corrected chi connectivity index (χ0v) is 12.0. The summed E-state index contributed by atoms with van der Waals surface area (Å²) in [5.41, 5.74) is 0.924. The second kappa shape index (κ2) is 6.12. The monoisotopic (exact) mass is 281 g/mol. The van der Waals surface area contributed by atoms with Crippen molar-refractivity contribution in [1.29, 1.82) is 0 Å². The number of rotatable bonds is 5. The summed E-state index contributed by atoms with van der Waals surface area (Å²) in [6, 6.07) is 18.1. The Kier molecular flexibility index (Phi) is 4.04. The molecule has 2 unspecified atom stereocenters. The highest BCUT2D eigenvalue weighted by atomic mass is 16.3. The summed E-state index contributed by atoms with van der Waals surface area (Å²) in [6.07, 6.45) is 1.12. The van der Waals surface area contributed by atoms with Crippen LogP contribution in [0.5, 0.6) is 0 Å². The molecule has 2 atom stereocenters. The highest BCUT2D eigenvalue weighted by molar-refractivity contribution is 5.83. The van der Waals surface area contributed by atoms with Crippen molar-refractivity contribution >= 4 is 10.8 Å². The predicted octanol–water partition coefficient (Wildman–Crippen LogP) is 3.82. The molecule has 0 fully saturated rings. The first kappa shape index (κ1) is 13.9. The zero-order chi connectivity index (χ0) is 14.7. The van der Waals surface area contributed by atoms with Crippen LogP contribution >= 0.6 is 0 Å². The first-order valence-corrected chi connectivity index (χ1v) is 7.17. The molecular weight excluding hydrogens is 262 g/mol. The molecule has 0 saturated carbocycles. The summed E-state index contributed by atoms with van der Waals surface area (Å²) in [5, 5.41) is 16.0. The van der Waals surface area contributed by atoms with Gasteiger partial charge in [-0.1, -0.05) is 36.4 Å². The maximum Gasteiger partial charge on any atom is 0.120 e. The largest absolute Gasteiger partial charge is 0.468 e. The van der Waals surface area contributed by atoms with Crippen molar-refractivity contribution in [2.75, 3.05) is 6.54 Å². The molecule has 1 aromatic heterocycles. The molecule has 0 aliphatic carbocycles. The molecule has 108 valence electrons. The number of aliphatic hydroxyl groups is 1. The van der Waals surface area contributed by atoms with Gasteiger partial charge in [-0.2, -0.15) is 0 Å². The van der Waals surface area contributed by atoms with Crippen LogP contribution in [0.25, 0.3) is 10.8 Å². The van der Waals surface area contributed by atoms with Crippen molar-refractivity contribution in [1.82, 2.24) is 5.32 Å². The fourth-order valence-corrected chi connectivity index (χ4v) is 2.46. The topological polar surface area (TPSA) is 45.4 Å². The maximum atomic E-state index is 10.3. The Hall–Kier alpha value is -2.10. The van der Waals surface area contributed by atoms with Crippen molar-refractivity contribution < 1.29 is 9.52 Å². The van der Waals surface area contributed by atoms with Crippen molar-refractivity contribution in [3.05, 3.63) is 72.2 Å². The third-order valence-electron chi connectivity index (χ3n) is 3.75. The molecule has 3 heteroatoms. The molecule has 3 nitrogen and oxygen atoms in total. The van der Waals surface area contributed by atoms with Gasteiger partial charge in [-0.25, -0.2) is 0 Å². The number of furan rings is 1. The van der Waals surface area contributed by atoms with Crippen LogP contribution in [0.3, 0.4) is 0 Å². The Labute approximate surface area is 124 Å². The van der Waals surface area contributed by atoms with Gasteiger partial charge in [0.25, 0.3) is 0 Å². The Morgan fingerprint density at radius 3 is 2.62 bits per heavy atom. The van der Waals surface area contributed by atoms with E-state index in [2.05, 4.69) is 17.4 Å². The molecule has 0 bridgehead atoms. The Morgan fingerprint density at radius 1 is 1.05 bits per heavy atom. The Balaban J connectivity index is 1.67. The standard InChI is InChI=1S/C18H19NO2/c1-13(18-7-4-10-21-18)19-12-17(20)16-9-8-14-5-2-3-6-15(14)11-16/h2-11,13,17,19-20H,12H2,1H3. The van der Waals surface area contributed by atoms with Gasteiger partial charge in [0, 0.05) is 6.54 Å². The Morgan fingerprint density at radius 2 is 1.86 bits per heavy atom. The number of hydrogen-bond acceptors (Lipinski definition) is 3. The normalized spacial score (nSPS) is 14.2. The van der Waals surface area contributed by atoms with Gasteiger partial charge >= 0.3 is 0 Å². The van der Waals surface area contributed by atoms with Crippen LogP contribution in [0.1, 0.15) is 30.4 Å². The molecular formula is C18H19NO2. The molecule has 21 heavy (non-hydrogen) atoms. The van der Waals surface area contributed by atoms with Crippen LogP contribution in [-0.2, 0) is 0 Å². The fraction of sp³-hybridized carbons (Fsp3) is 0.222. The first-order chi connectivity index (χ1) is 10.2. The summed E-state index contributed by atoms with van der Waals surface area (Å²) < 4.78 is 5.35. The van der Waals surface area contributed by atoms with Crippen molar-refractivity contribution in [2.24, 2.45) is 0 Å². The lowest BCUT2D eigenvalue weighted by Crippen LogP contribution is -2.24. The van der Waals surface area contributed by atoms with E-state index in [1.165, 1.54) is 5.39 Å². The molecule has 0 aliphatic heterocycles. The SMILES string of the molecule is CC(NCC(O)c1ccc2ccccc2c1)c1ccco1. The van der Waals surface area contributed by atoms with Gasteiger partial charge in [-0.3, -0.25) is 0 Å². The molecule has 2 N–H and O–H groups in total. The van der Waals surface area contributed by atoms with Gasteiger partial charge in [0.2, 0.25) is 0 Å². The van der Waals surface area contributed by atoms with Crippen LogP contribution in [0.4, 0.5) is 0 Å². The summed E-state index contributed by atoms with van der Waals surface area (Å²) in [7, 11) is 0. The second-order valence-corrected chi connectivity index (χ2v) is 5.27. The number of aliphatic hydroxyl groups excluding tert-OH is 1. The second-order valence-electron chi connectivity index (χ2n) is 5.27. The van der Waals surface area contributed by atoms with Gasteiger partial charge in [-0.05, 0) is 41.5 Å². The third-order valence-corrected chi connectivity index (χ3v) is 3.75. The number of hydrogen-bond donors (Lipinski definition) is 2. The molecule has 1 heterocycles. The number of fused-ring (bicyclic) bond motifs is 1. The van der Waals surface area contributed by atoms with E-state index >= 15 is 0 Å². The summed E-state index contributed by atoms with van der Waals surface area (Å²) >= 11 is 0. The van der Waals surface area contributed by atoms with Gasteiger partial charge in [0.15, 0.2) is 0 Å². The average molecular weight is 281 g/mol. The maximum absolute atomic E-state index is 10.3. The third kappa shape index (κ3) is 3.15. The van der Waals surface area contributed by atoms with Crippen LogP contribution in [-0.4, -0.2) is 11.7 Å². The van der Waals surface area contributed by atoms with E-state index in [1.807, 2.05) is 49.4 Å². The minimum Gasteiger partial charge on any atom is -0.468 e. The van der Waals surface area contributed by atoms with E-state index in [0.717, 1.165) is 16.7 Å². The minimum absolute atomic E-state index is 0.0788. The van der Waals surface area contributed by atoms with Gasteiger partial charge < -0.3 is 14.8 Å². The average Bonchev–Trinajstić information content (AvgIpc) is 3.06. The predicted molar refractivity (Wildman–Crippen MR) is 84.0 cm³/mol. The molecule has 3 aromatic rings. The van der Waals surface area contributed by atoms with Crippen LogP contribution in [0.15, 0.2) is 65.3 Å². The van der Waals surface area contributed by atoms with Crippen LogP contribution < -0.4 is 5.32 Å². The first-order valence-electron chi connectivity index (χ1n) is 7.17. The minimum atomic E-state index is -0.535.